The molecule has 1 heterocycles. The molecule has 1 saturated carbocycles. The fourth-order valence-corrected chi connectivity index (χ4v) is 3.54. The van der Waals surface area contributed by atoms with E-state index in [9.17, 15) is 0 Å². The molecule has 3 nitrogen and oxygen atoms in total. The smallest absolute Gasteiger partial charge is 0.0406 e. The van der Waals surface area contributed by atoms with E-state index in [-0.39, 0.29) is 0 Å². The average Bonchev–Trinajstić information content (AvgIpc) is 2.42. The van der Waals surface area contributed by atoms with Gasteiger partial charge < -0.3 is 10.2 Å². The summed E-state index contributed by atoms with van der Waals surface area (Å²) in [4.78, 5) is 4.92. The second-order valence-electron chi connectivity index (χ2n) is 6.72. The predicted octanol–water partition coefficient (Wildman–Crippen LogP) is 2.42. The highest BCUT2D eigenvalue weighted by atomic mass is 35.5. The van der Waals surface area contributed by atoms with Crippen molar-refractivity contribution in [1.82, 2.24) is 15.1 Å². The zero-order valence-electron chi connectivity index (χ0n) is 13.1. The lowest BCUT2D eigenvalue weighted by molar-refractivity contribution is 0.107. The molecule has 1 aliphatic heterocycles. The van der Waals surface area contributed by atoms with Crippen LogP contribution in [0.4, 0.5) is 0 Å². The molecular formula is C17H26ClN3. The third-order valence-electron chi connectivity index (χ3n) is 5.10. The molecule has 1 aromatic rings. The van der Waals surface area contributed by atoms with Crippen LogP contribution in [0.2, 0.25) is 5.02 Å². The summed E-state index contributed by atoms with van der Waals surface area (Å²) in [7, 11) is 4.47. The van der Waals surface area contributed by atoms with E-state index >= 15 is 0 Å². The molecule has 0 bridgehead atoms. The van der Waals surface area contributed by atoms with Crippen LogP contribution in [0, 0.1) is 0 Å². The first-order valence-electron chi connectivity index (χ1n) is 7.99. The topological polar surface area (TPSA) is 18.5 Å². The number of hydrogen-bond donors (Lipinski definition) is 1. The Hall–Kier alpha value is -0.610. The van der Waals surface area contributed by atoms with Crippen LogP contribution < -0.4 is 5.32 Å². The van der Waals surface area contributed by atoms with Crippen LogP contribution in [0.25, 0.3) is 0 Å². The number of likely N-dealkylation sites (N-methyl/N-ethyl adjacent to an activating group) is 2. The molecule has 0 spiro atoms. The van der Waals surface area contributed by atoms with Gasteiger partial charge in [-0.25, -0.2) is 0 Å². The van der Waals surface area contributed by atoms with Gasteiger partial charge in [-0.3, -0.25) is 4.90 Å². The normalized spacial score (nSPS) is 31.1. The Balaban J connectivity index is 1.41. The second kappa shape index (κ2) is 6.66. The fraction of sp³-hybridized carbons (Fsp3) is 0.647. The molecule has 0 aromatic heterocycles. The molecule has 1 N–H and O–H groups in total. The summed E-state index contributed by atoms with van der Waals surface area (Å²) in [5.74, 6) is 0.714. The fourth-order valence-electron chi connectivity index (χ4n) is 3.42. The monoisotopic (exact) mass is 307 g/mol. The molecule has 0 amide bonds. The van der Waals surface area contributed by atoms with Crippen LogP contribution in [0.5, 0.6) is 0 Å². The predicted molar refractivity (Wildman–Crippen MR) is 89.1 cm³/mol. The Morgan fingerprint density at radius 2 is 1.86 bits per heavy atom. The van der Waals surface area contributed by atoms with E-state index < -0.39 is 0 Å². The number of hydrogen-bond acceptors (Lipinski definition) is 3. The van der Waals surface area contributed by atoms with Crippen molar-refractivity contribution in [2.45, 2.75) is 30.8 Å². The van der Waals surface area contributed by atoms with E-state index in [4.69, 9.17) is 11.6 Å². The summed E-state index contributed by atoms with van der Waals surface area (Å²) < 4.78 is 0. The molecule has 2 fully saturated rings. The van der Waals surface area contributed by atoms with E-state index in [2.05, 4.69) is 41.3 Å². The van der Waals surface area contributed by atoms with E-state index in [1.54, 1.807) is 0 Å². The lowest BCUT2D eigenvalue weighted by atomic mass is 9.76. The van der Waals surface area contributed by atoms with E-state index in [0.29, 0.717) is 18.0 Å². The number of nitrogens with zero attached hydrogens (tertiary/aromatic N) is 2. The first kappa shape index (κ1) is 15.3. The SMILES string of the molecule is CN1CCN(C)C(CNC2CC(c3ccc(Cl)cc3)C2)C1. The third-order valence-corrected chi connectivity index (χ3v) is 5.35. The second-order valence-corrected chi connectivity index (χ2v) is 7.16. The van der Waals surface area contributed by atoms with Crippen molar-refractivity contribution < 1.29 is 0 Å². The van der Waals surface area contributed by atoms with Crippen molar-refractivity contribution in [2.75, 3.05) is 40.3 Å². The first-order valence-corrected chi connectivity index (χ1v) is 8.37. The standard InChI is InChI=1S/C17H26ClN3/c1-20-7-8-21(2)17(12-20)11-19-16-9-14(10-16)13-3-5-15(18)6-4-13/h3-6,14,16-17,19H,7-12H2,1-2H3. The highest BCUT2D eigenvalue weighted by molar-refractivity contribution is 6.30. The Kier molecular flexibility index (Phi) is 4.85. The summed E-state index contributed by atoms with van der Waals surface area (Å²) in [5.41, 5.74) is 1.44. The number of piperazine rings is 1. The van der Waals surface area contributed by atoms with Crippen LogP contribution in [0.15, 0.2) is 24.3 Å². The Labute approximate surface area is 133 Å². The maximum atomic E-state index is 5.95. The third kappa shape index (κ3) is 3.78. The zero-order valence-corrected chi connectivity index (χ0v) is 13.8. The van der Waals surface area contributed by atoms with Crippen molar-refractivity contribution in [3.8, 4) is 0 Å². The average molecular weight is 308 g/mol. The summed E-state index contributed by atoms with van der Waals surface area (Å²) in [6.07, 6.45) is 2.52. The van der Waals surface area contributed by atoms with Crippen LogP contribution in [-0.4, -0.2) is 62.2 Å². The molecule has 1 saturated heterocycles. The lowest BCUT2D eigenvalue weighted by Crippen LogP contribution is -2.55. The summed E-state index contributed by atoms with van der Waals surface area (Å²) in [6, 6.07) is 9.69. The minimum atomic E-state index is 0.651. The van der Waals surface area contributed by atoms with Crippen molar-refractivity contribution >= 4 is 11.6 Å². The number of benzene rings is 1. The van der Waals surface area contributed by atoms with Gasteiger partial charge in [0.15, 0.2) is 0 Å². The van der Waals surface area contributed by atoms with Gasteiger partial charge in [-0.15, -0.1) is 0 Å². The van der Waals surface area contributed by atoms with Crippen LogP contribution in [-0.2, 0) is 0 Å². The highest BCUT2D eigenvalue weighted by Gasteiger charge is 2.31. The summed E-state index contributed by atoms with van der Waals surface area (Å²) >= 11 is 5.95. The first-order chi connectivity index (χ1) is 10.1. The molecule has 1 atom stereocenters. The van der Waals surface area contributed by atoms with Crippen LogP contribution >= 0.6 is 11.6 Å². The quantitative estimate of drug-likeness (QED) is 0.921. The minimum Gasteiger partial charge on any atom is -0.312 e. The maximum Gasteiger partial charge on any atom is 0.0406 e. The van der Waals surface area contributed by atoms with Gasteiger partial charge >= 0.3 is 0 Å². The van der Waals surface area contributed by atoms with Gasteiger partial charge in [0.1, 0.15) is 0 Å². The van der Waals surface area contributed by atoms with Crippen LogP contribution in [0.1, 0.15) is 24.3 Å². The van der Waals surface area contributed by atoms with Gasteiger partial charge in [-0.2, -0.15) is 0 Å². The van der Waals surface area contributed by atoms with E-state index in [1.165, 1.54) is 38.0 Å². The molecule has 2 aliphatic rings. The molecule has 116 valence electrons. The van der Waals surface area contributed by atoms with Gasteiger partial charge in [0.25, 0.3) is 0 Å². The molecule has 0 radical (unpaired) electrons. The number of nitrogens with one attached hydrogen (secondary N) is 1. The number of rotatable bonds is 4. The van der Waals surface area contributed by atoms with Gasteiger partial charge in [0.2, 0.25) is 0 Å². The van der Waals surface area contributed by atoms with Gasteiger partial charge in [-0.1, -0.05) is 23.7 Å². The maximum absolute atomic E-state index is 5.95. The largest absolute Gasteiger partial charge is 0.312 e. The zero-order chi connectivity index (χ0) is 14.8. The molecule has 21 heavy (non-hydrogen) atoms. The molecule has 3 rings (SSSR count). The lowest BCUT2D eigenvalue weighted by Gasteiger charge is -2.41. The number of halogens is 1. The van der Waals surface area contributed by atoms with Gasteiger partial charge in [0.05, 0.1) is 0 Å². The molecule has 1 unspecified atom stereocenters. The van der Waals surface area contributed by atoms with Crippen molar-refractivity contribution in [3.63, 3.8) is 0 Å². The van der Waals surface area contributed by atoms with E-state index in [1.807, 2.05) is 12.1 Å². The minimum absolute atomic E-state index is 0.651. The van der Waals surface area contributed by atoms with Crippen molar-refractivity contribution in [3.05, 3.63) is 34.9 Å². The van der Waals surface area contributed by atoms with Crippen molar-refractivity contribution in [2.24, 2.45) is 0 Å². The summed E-state index contributed by atoms with van der Waals surface area (Å²) in [5, 5.41) is 4.59. The molecule has 1 aromatic carbocycles. The van der Waals surface area contributed by atoms with E-state index in [0.717, 1.165) is 11.6 Å². The van der Waals surface area contributed by atoms with Gasteiger partial charge in [-0.05, 0) is 50.6 Å². The highest BCUT2D eigenvalue weighted by Crippen LogP contribution is 2.37. The Morgan fingerprint density at radius 1 is 1.14 bits per heavy atom. The molecule has 4 heteroatoms. The van der Waals surface area contributed by atoms with Gasteiger partial charge in [0, 0.05) is 43.3 Å². The van der Waals surface area contributed by atoms with Crippen molar-refractivity contribution in [1.29, 1.82) is 0 Å². The Morgan fingerprint density at radius 3 is 2.57 bits per heavy atom. The summed E-state index contributed by atoms with van der Waals surface area (Å²) in [6.45, 7) is 4.66. The molecule has 1 aliphatic carbocycles. The van der Waals surface area contributed by atoms with Crippen LogP contribution in [0.3, 0.4) is 0 Å². The Bertz CT molecular complexity index is 456. The molecular weight excluding hydrogens is 282 g/mol.